The number of halogens is 2. The van der Waals surface area contributed by atoms with Crippen molar-refractivity contribution in [2.24, 2.45) is 0 Å². The van der Waals surface area contributed by atoms with Crippen molar-refractivity contribution < 1.29 is 18.0 Å². The highest BCUT2D eigenvalue weighted by Crippen LogP contribution is 2.29. The number of carbonyl (C=O) groups excluding carboxylic acids is 2. The third-order valence-corrected chi connectivity index (χ3v) is 9.19. The Morgan fingerprint density at radius 1 is 0.860 bits per heavy atom. The van der Waals surface area contributed by atoms with E-state index in [1.807, 2.05) is 74.5 Å². The molecule has 1 N–H and O–H groups in total. The Morgan fingerprint density at radius 3 is 2.21 bits per heavy atom. The number of hydrogen-bond donors (Lipinski definition) is 1. The molecule has 7 nitrogen and oxygen atoms in total. The van der Waals surface area contributed by atoms with E-state index in [-0.39, 0.29) is 24.9 Å². The zero-order chi connectivity index (χ0) is 31.1. The normalized spacial score (nSPS) is 12.9. The first-order valence-electron chi connectivity index (χ1n) is 14.0. The fourth-order valence-electron chi connectivity index (χ4n) is 4.85. The van der Waals surface area contributed by atoms with Gasteiger partial charge in [0.1, 0.15) is 12.6 Å². The van der Waals surface area contributed by atoms with Crippen LogP contribution in [0.4, 0.5) is 5.69 Å². The van der Waals surface area contributed by atoms with E-state index >= 15 is 0 Å². The van der Waals surface area contributed by atoms with E-state index in [2.05, 4.69) is 5.32 Å². The number of nitrogens with one attached hydrogen (secondary N) is 1. The second-order valence-electron chi connectivity index (χ2n) is 10.6. The van der Waals surface area contributed by atoms with Crippen molar-refractivity contribution >= 4 is 61.5 Å². The van der Waals surface area contributed by atoms with Gasteiger partial charge >= 0.3 is 0 Å². The van der Waals surface area contributed by atoms with E-state index in [1.54, 1.807) is 30.3 Å². The molecule has 0 bridgehead atoms. The molecule has 43 heavy (non-hydrogen) atoms. The number of nitrogens with zero attached hydrogens (tertiary/aromatic N) is 2. The summed E-state index contributed by atoms with van der Waals surface area (Å²) in [5, 5.41) is 5.21. The first kappa shape index (κ1) is 32.3. The van der Waals surface area contributed by atoms with Gasteiger partial charge in [-0.2, -0.15) is 0 Å². The molecule has 0 saturated heterocycles. The number of hydrogen-bond acceptors (Lipinski definition) is 4. The average molecular weight is 641 g/mol. The van der Waals surface area contributed by atoms with Gasteiger partial charge in [0.25, 0.3) is 0 Å². The molecule has 4 rings (SSSR count). The molecule has 0 aliphatic heterocycles. The van der Waals surface area contributed by atoms with E-state index in [1.165, 1.54) is 4.90 Å². The average Bonchev–Trinajstić information content (AvgIpc) is 2.99. The van der Waals surface area contributed by atoms with Crippen LogP contribution in [0.2, 0.25) is 10.0 Å². The molecule has 0 unspecified atom stereocenters. The zero-order valence-corrected chi connectivity index (χ0v) is 26.7. The summed E-state index contributed by atoms with van der Waals surface area (Å²) in [5.41, 5.74) is 1.88. The van der Waals surface area contributed by atoms with Gasteiger partial charge in [-0.05, 0) is 48.1 Å². The predicted molar refractivity (Wildman–Crippen MR) is 175 cm³/mol. The molecule has 0 radical (unpaired) electrons. The smallest absolute Gasteiger partial charge is 0.244 e. The third kappa shape index (κ3) is 8.28. The molecule has 0 saturated carbocycles. The van der Waals surface area contributed by atoms with Gasteiger partial charge in [0.15, 0.2) is 0 Å². The van der Waals surface area contributed by atoms with Crippen LogP contribution in [-0.4, -0.2) is 50.0 Å². The van der Waals surface area contributed by atoms with Gasteiger partial charge in [0.05, 0.1) is 22.0 Å². The van der Waals surface area contributed by atoms with Crippen molar-refractivity contribution in [3.05, 3.63) is 112 Å². The predicted octanol–water partition coefficient (Wildman–Crippen LogP) is 6.47. The minimum absolute atomic E-state index is 0.00822. The van der Waals surface area contributed by atoms with E-state index in [0.717, 1.165) is 21.5 Å². The Balaban J connectivity index is 1.80. The SMILES string of the molecule is CC[C@H](C)NC(=O)[C@@H](Cc1ccccc1)N(Cc1ccc(Cl)c(Cl)c1)C(=O)CN(c1cccc2ccccc12)S(C)(=O)=O. The molecule has 0 aromatic heterocycles. The summed E-state index contributed by atoms with van der Waals surface area (Å²) in [4.78, 5) is 29.6. The molecule has 2 amide bonds. The van der Waals surface area contributed by atoms with Crippen molar-refractivity contribution in [2.75, 3.05) is 17.1 Å². The molecule has 2 atom stereocenters. The molecule has 4 aromatic carbocycles. The fourth-order valence-corrected chi connectivity index (χ4v) is 6.03. The molecule has 0 spiro atoms. The van der Waals surface area contributed by atoms with E-state index in [0.29, 0.717) is 33.1 Å². The number of amides is 2. The second-order valence-corrected chi connectivity index (χ2v) is 13.3. The van der Waals surface area contributed by atoms with Gasteiger partial charge in [-0.3, -0.25) is 13.9 Å². The molecule has 0 aliphatic rings. The maximum atomic E-state index is 14.3. The first-order chi connectivity index (χ1) is 20.5. The van der Waals surface area contributed by atoms with Crippen molar-refractivity contribution in [2.45, 2.75) is 45.3 Å². The number of benzene rings is 4. The molecule has 226 valence electrons. The summed E-state index contributed by atoms with van der Waals surface area (Å²) in [6.45, 7) is 3.36. The number of anilines is 1. The number of fused-ring (bicyclic) bond motifs is 1. The summed E-state index contributed by atoms with van der Waals surface area (Å²) in [5.74, 6) is -0.868. The van der Waals surface area contributed by atoms with E-state index in [4.69, 9.17) is 23.2 Å². The lowest BCUT2D eigenvalue weighted by Gasteiger charge is -2.34. The van der Waals surface area contributed by atoms with Gasteiger partial charge in [-0.15, -0.1) is 0 Å². The van der Waals surface area contributed by atoms with E-state index in [9.17, 15) is 18.0 Å². The van der Waals surface area contributed by atoms with Crippen LogP contribution < -0.4 is 9.62 Å². The minimum atomic E-state index is -3.90. The highest BCUT2D eigenvalue weighted by Gasteiger charge is 2.33. The van der Waals surface area contributed by atoms with Crippen molar-refractivity contribution in [3.8, 4) is 0 Å². The van der Waals surface area contributed by atoms with Gasteiger partial charge in [0, 0.05) is 24.4 Å². The maximum absolute atomic E-state index is 14.3. The Morgan fingerprint density at radius 2 is 1.53 bits per heavy atom. The largest absolute Gasteiger partial charge is 0.352 e. The van der Waals surface area contributed by atoms with E-state index < -0.39 is 28.5 Å². The van der Waals surface area contributed by atoms with Crippen LogP contribution in [0.3, 0.4) is 0 Å². The van der Waals surface area contributed by atoms with Crippen LogP contribution in [-0.2, 0) is 32.6 Å². The highest BCUT2D eigenvalue weighted by molar-refractivity contribution is 7.92. The number of rotatable bonds is 12. The molecule has 10 heteroatoms. The lowest BCUT2D eigenvalue weighted by molar-refractivity contribution is -0.140. The van der Waals surface area contributed by atoms with Gasteiger partial charge in [-0.25, -0.2) is 8.42 Å². The lowest BCUT2D eigenvalue weighted by Crippen LogP contribution is -2.54. The Labute approximate surface area is 263 Å². The summed E-state index contributed by atoms with van der Waals surface area (Å²) in [6.07, 6.45) is 2.00. The van der Waals surface area contributed by atoms with Crippen LogP contribution in [0.25, 0.3) is 10.8 Å². The van der Waals surface area contributed by atoms with Crippen LogP contribution >= 0.6 is 23.2 Å². The number of carbonyl (C=O) groups is 2. The maximum Gasteiger partial charge on any atom is 0.244 e. The van der Waals surface area contributed by atoms with Crippen molar-refractivity contribution in [1.82, 2.24) is 10.2 Å². The minimum Gasteiger partial charge on any atom is -0.352 e. The summed E-state index contributed by atoms with van der Waals surface area (Å²) in [7, 11) is -3.90. The monoisotopic (exact) mass is 639 g/mol. The Hall–Kier alpha value is -3.59. The molecule has 4 aromatic rings. The topological polar surface area (TPSA) is 86.8 Å². The standard InChI is InChI=1S/C33H35Cl2N3O4S/c1-4-23(2)36-33(40)31(20-24-11-6-5-7-12-24)37(21-25-17-18-28(34)29(35)19-25)32(39)22-38(43(3,41)42)30-16-10-14-26-13-8-9-15-27(26)30/h5-19,23,31H,4,20-22H2,1-3H3,(H,36,40)/t23-,31+/m0/s1. The third-order valence-electron chi connectivity index (χ3n) is 7.32. The summed E-state index contributed by atoms with van der Waals surface area (Å²) >= 11 is 12.5. The molecule has 0 aliphatic carbocycles. The highest BCUT2D eigenvalue weighted by atomic mass is 35.5. The van der Waals surface area contributed by atoms with Gasteiger partial charge < -0.3 is 10.2 Å². The van der Waals surface area contributed by atoms with Crippen LogP contribution in [0, 0.1) is 0 Å². The Kier molecular flexibility index (Phi) is 10.7. The zero-order valence-electron chi connectivity index (χ0n) is 24.3. The molecule has 0 fully saturated rings. The second kappa shape index (κ2) is 14.3. The van der Waals surface area contributed by atoms with Crippen LogP contribution in [0.15, 0.2) is 91.0 Å². The molecule has 0 heterocycles. The first-order valence-corrected chi connectivity index (χ1v) is 16.6. The lowest BCUT2D eigenvalue weighted by atomic mass is 10.0. The summed E-state index contributed by atoms with van der Waals surface area (Å²) in [6, 6.07) is 26.1. The quantitative estimate of drug-likeness (QED) is 0.193. The van der Waals surface area contributed by atoms with Gasteiger partial charge in [-0.1, -0.05) is 103 Å². The fraction of sp³-hybridized carbons (Fsp3) is 0.273. The van der Waals surface area contributed by atoms with Crippen molar-refractivity contribution in [3.63, 3.8) is 0 Å². The molecular formula is C33H35Cl2N3O4S. The summed E-state index contributed by atoms with van der Waals surface area (Å²) < 4.78 is 27.5. The molecular weight excluding hydrogens is 605 g/mol. The van der Waals surface area contributed by atoms with Gasteiger partial charge in [0.2, 0.25) is 21.8 Å². The van der Waals surface area contributed by atoms with Crippen molar-refractivity contribution in [1.29, 1.82) is 0 Å². The van der Waals surface area contributed by atoms with Crippen LogP contribution in [0.5, 0.6) is 0 Å². The Bertz CT molecular complexity index is 1690. The number of sulfonamides is 1. The van der Waals surface area contributed by atoms with Crippen LogP contribution in [0.1, 0.15) is 31.4 Å².